The van der Waals surface area contributed by atoms with Crippen molar-refractivity contribution in [2.45, 2.75) is 43.5 Å². The van der Waals surface area contributed by atoms with Gasteiger partial charge in [-0.05, 0) is 42.0 Å². The van der Waals surface area contributed by atoms with Gasteiger partial charge in [-0.3, -0.25) is 0 Å². The lowest BCUT2D eigenvalue weighted by atomic mass is 9.99. The topological polar surface area (TPSA) is 120 Å². The summed E-state index contributed by atoms with van der Waals surface area (Å²) in [6, 6.07) is 8.71. The van der Waals surface area contributed by atoms with Gasteiger partial charge >= 0.3 is 0 Å². The van der Waals surface area contributed by atoms with Crippen molar-refractivity contribution >= 4 is 11.3 Å². The second-order valence-corrected chi connectivity index (χ2v) is 7.19. The van der Waals surface area contributed by atoms with Crippen LogP contribution in [-0.2, 0) is 17.6 Å². The minimum absolute atomic E-state index is 0.219. The normalized spacial score (nSPS) is 28.8. The van der Waals surface area contributed by atoms with E-state index in [1.54, 1.807) is 18.2 Å². The van der Waals surface area contributed by atoms with Crippen LogP contribution in [0.3, 0.4) is 0 Å². The van der Waals surface area contributed by atoms with Gasteiger partial charge in [-0.15, -0.1) is 11.3 Å². The molecule has 8 heteroatoms. The van der Waals surface area contributed by atoms with Crippen molar-refractivity contribution in [2.75, 3.05) is 6.61 Å². The summed E-state index contributed by atoms with van der Waals surface area (Å²) in [5, 5.41) is 50.2. The molecule has 0 radical (unpaired) electrons. The molecule has 5 N–H and O–H groups in total. The van der Waals surface area contributed by atoms with Gasteiger partial charge < -0.3 is 35.0 Å². The highest BCUT2D eigenvalue weighted by atomic mass is 32.1. The molecular formula is C18H22O7S. The number of rotatable bonds is 6. The average Bonchev–Trinajstić information content (AvgIpc) is 3.09. The molecule has 0 spiro atoms. The number of phenolic OH excluding ortho intramolecular Hbond substituents is 1. The first-order valence-corrected chi connectivity index (χ1v) is 9.19. The standard InChI is InChI=1S/C18H22O7S/c19-9-13-15(21)16(22)17(23)18(25-13)24-12-7-8-26-14(12)6-3-10-1-4-11(20)5-2-10/h1-2,4-5,7-8,13,15-23H,3,6,9H2. The quantitative estimate of drug-likeness (QED) is 0.491. The molecule has 5 atom stereocenters. The molecule has 1 saturated heterocycles. The fourth-order valence-electron chi connectivity index (χ4n) is 2.83. The minimum Gasteiger partial charge on any atom is -0.508 e. The summed E-state index contributed by atoms with van der Waals surface area (Å²) in [4.78, 5) is 0.940. The van der Waals surface area contributed by atoms with Gasteiger partial charge in [0.05, 0.1) is 6.61 Å². The Balaban J connectivity index is 1.65. The van der Waals surface area contributed by atoms with Crippen molar-refractivity contribution in [2.24, 2.45) is 0 Å². The van der Waals surface area contributed by atoms with Crippen LogP contribution in [0.15, 0.2) is 35.7 Å². The molecule has 3 rings (SSSR count). The summed E-state index contributed by atoms with van der Waals surface area (Å²) >= 11 is 1.50. The second kappa shape index (κ2) is 8.34. The lowest BCUT2D eigenvalue weighted by molar-refractivity contribution is -0.277. The third-order valence-corrected chi connectivity index (χ3v) is 5.34. The van der Waals surface area contributed by atoms with E-state index in [2.05, 4.69) is 0 Å². The van der Waals surface area contributed by atoms with E-state index in [0.717, 1.165) is 16.9 Å². The maximum absolute atomic E-state index is 10.1. The van der Waals surface area contributed by atoms with Gasteiger partial charge in [-0.2, -0.15) is 0 Å². The Morgan fingerprint density at radius 2 is 1.69 bits per heavy atom. The summed E-state index contributed by atoms with van der Waals surface area (Å²) in [6.07, 6.45) is -5.07. The maximum Gasteiger partial charge on any atom is 0.229 e. The summed E-state index contributed by atoms with van der Waals surface area (Å²) in [5.41, 5.74) is 1.06. The van der Waals surface area contributed by atoms with Gasteiger partial charge in [0.25, 0.3) is 0 Å². The number of aliphatic hydroxyl groups excluding tert-OH is 4. The summed E-state index contributed by atoms with van der Waals surface area (Å²) in [7, 11) is 0. The highest BCUT2D eigenvalue weighted by Crippen LogP contribution is 2.30. The Morgan fingerprint density at radius 1 is 0.962 bits per heavy atom. The molecule has 5 unspecified atom stereocenters. The van der Waals surface area contributed by atoms with Crippen LogP contribution in [0.5, 0.6) is 11.5 Å². The molecule has 0 saturated carbocycles. The van der Waals surface area contributed by atoms with Crippen molar-refractivity contribution in [1.29, 1.82) is 0 Å². The maximum atomic E-state index is 10.1. The molecule has 142 valence electrons. The van der Waals surface area contributed by atoms with Crippen LogP contribution in [0.2, 0.25) is 0 Å². The number of hydrogen-bond donors (Lipinski definition) is 5. The van der Waals surface area contributed by atoms with Crippen molar-refractivity contribution in [1.82, 2.24) is 0 Å². The van der Waals surface area contributed by atoms with Crippen molar-refractivity contribution in [3.63, 3.8) is 0 Å². The van der Waals surface area contributed by atoms with Crippen molar-refractivity contribution < 1.29 is 35.0 Å². The molecule has 1 aliphatic heterocycles. The summed E-state index contributed by atoms with van der Waals surface area (Å²) in [6.45, 7) is -0.498. The first-order valence-electron chi connectivity index (χ1n) is 8.31. The van der Waals surface area contributed by atoms with Crippen LogP contribution in [0, 0.1) is 0 Å². The zero-order valence-corrected chi connectivity index (χ0v) is 14.7. The van der Waals surface area contributed by atoms with E-state index in [9.17, 15) is 25.5 Å². The molecule has 7 nitrogen and oxygen atoms in total. The van der Waals surface area contributed by atoms with E-state index in [4.69, 9.17) is 9.47 Å². The van der Waals surface area contributed by atoms with Crippen LogP contribution >= 0.6 is 11.3 Å². The Bertz CT molecular complexity index is 700. The first kappa shape index (κ1) is 19.1. The number of aliphatic hydroxyl groups is 4. The molecule has 1 aromatic carbocycles. The minimum atomic E-state index is -1.47. The lowest BCUT2D eigenvalue weighted by Crippen LogP contribution is -2.60. The zero-order chi connectivity index (χ0) is 18.7. The zero-order valence-electron chi connectivity index (χ0n) is 13.9. The fraction of sp³-hybridized carbons (Fsp3) is 0.444. The smallest absolute Gasteiger partial charge is 0.229 e. The molecule has 0 aliphatic carbocycles. The number of phenols is 1. The Labute approximate surface area is 154 Å². The van der Waals surface area contributed by atoms with Gasteiger partial charge in [0.1, 0.15) is 35.9 Å². The van der Waals surface area contributed by atoms with Gasteiger partial charge in [0.15, 0.2) is 0 Å². The third-order valence-electron chi connectivity index (χ3n) is 4.37. The highest BCUT2D eigenvalue weighted by molar-refractivity contribution is 7.10. The van der Waals surface area contributed by atoms with E-state index in [1.165, 1.54) is 11.3 Å². The van der Waals surface area contributed by atoms with Crippen LogP contribution in [-0.4, -0.2) is 62.8 Å². The lowest BCUT2D eigenvalue weighted by Gasteiger charge is -2.39. The number of hydrogen-bond acceptors (Lipinski definition) is 8. The predicted octanol–water partition coefficient (Wildman–Crippen LogP) is 0.418. The van der Waals surface area contributed by atoms with Gasteiger partial charge in [0, 0.05) is 4.88 Å². The number of aryl methyl sites for hydroxylation is 2. The average molecular weight is 382 g/mol. The van der Waals surface area contributed by atoms with Gasteiger partial charge in [0.2, 0.25) is 6.29 Å². The fourth-order valence-corrected chi connectivity index (χ4v) is 3.63. The van der Waals surface area contributed by atoms with Crippen molar-refractivity contribution in [3.8, 4) is 11.5 Å². The van der Waals surface area contributed by atoms with Gasteiger partial charge in [-0.25, -0.2) is 0 Å². The Kier molecular flexibility index (Phi) is 6.13. The summed E-state index contributed by atoms with van der Waals surface area (Å²) < 4.78 is 11.1. The van der Waals surface area contributed by atoms with Crippen molar-refractivity contribution in [3.05, 3.63) is 46.2 Å². The summed E-state index contributed by atoms with van der Waals surface area (Å²) in [5.74, 6) is 0.745. The number of aromatic hydroxyl groups is 1. The molecular weight excluding hydrogens is 360 g/mol. The molecule has 26 heavy (non-hydrogen) atoms. The van der Waals surface area contributed by atoms with Crippen LogP contribution in [0.25, 0.3) is 0 Å². The molecule has 1 aliphatic rings. The number of benzene rings is 1. The largest absolute Gasteiger partial charge is 0.508 e. The third kappa shape index (κ3) is 4.17. The monoisotopic (exact) mass is 382 g/mol. The first-order chi connectivity index (χ1) is 12.5. The molecule has 0 amide bonds. The van der Waals surface area contributed by atoms with E-state index in [-0.39, 0.29) is 5.75 Å². The van der Waals surface area contributed by atoms with Crippen LogP contribution in [0.4, 0.5) is 0 Å². The van der Waals surface area contributed by atoms with Crippen LogP contribution < -0.4 is 4.74 Å². The Hall–Kier alpha value is -1.68. The molecule has 0 bridgehead atoms. The Morgan fingerprint density at radius 3 is 2.38 bits per heavy atom. The van der Waals surface area contributed by atoms with Gasteiger partial charge in [-0.1, -0.05) is 12.1 Å². The van der Waals surface area contributed by atoms with E-state index in [1.807, 2.05) is 17.5 Å². The SMILES string of the molecule is OCC1OC(Oc2ccsc2CCc2ccc(O)cc2)C(O)C(O)C1O. The number of ether oxygens (including phenoxy) is 2. The van der Waals surface area contributed by atoms with E-state index >= 15 is 0 Å². The van der Waals surface area contributed by atoms with E-state index < -0.39 is 37.3 Å². The predicted molar refractivity (Wildman–Crippen MR) is 94.2 cm³/mol. The second-order valence-electron chi connectivity index (χ2n) is 6.19. The highest BCUT2D eigenvalue weighted by Gasteiger charge is 2.44. The van der Waals surface area contributed by atoms with E-state index in [0.29, 0.717) is 12.2 Å². The van der Waals surface area contributed by atoms with Crippen LogP contribution in [0.1, 0.15) is 10.4 Å². The molecule has 1 aromatic heterocycles. The molecule has 2 aromatic rings. The molecule has 2 heterocycles. The number of thiophene rings is 1. The molecule has 1 fully saturated rings.